The normalized spacial score (nSPS) is 11.8. The van der Waals surface area contributed by atoms with Gasteiger partial charge in [-0.25, -0.2) is 0 Å². The number of ether oxygens (including phenoxy) is 1. The van der Waals surface area contributed by atoms with Crippen molar-refractivity contribution in [1.29, 1.82) is 0 Å². The van der Waals surface area contributed by atoms with E-state index in [4.69, 9.17) is 20.1 Å². The van der Waals surface area contributed by atoms with Gasteiger partial charge in [0.05, 0.1) is 6.61 Å². The fourth-order valence-corrected chi connectivity index (χ4v) is 4.84. The van der Waals surface area contributed by atoms with Crippen molar-refractivity contribution >= 4 is 11.9 Å². The molecule has 0 aliphatic carbocycles. The van der Waals surface area contributed by atoms with E-state index in [1.807, 2.05) is 0 Å². The number of rotatable bonds is 30. The molecule has 1 unspecified atom stereocenters. The molecule has 6 nitrogen and oxygen atoms in total. The molecule has 0 saturated carbocycles. The summed E-state index contributed by atoms with van der Waals surface area (Å²) in [5.41, 5.74) is 0. The van der Waals surface area contributed by atoms with Gasteiger partial charge in [-0.15, -0.1) is 0 Å². The summed E-state index contributed by atoms with van der Waals surface area (Å²) in [4.78, 5) is 21.6. The van der Waals surface area contributed by atoms with E-state index in [0.29, 0.717) is 12.8 Å². The molecule has 0 aromatic rings. The molecule has 0 saturated heterocycles. The summed E-state index contributed by atoms with van der Waals surface area (Å²) in [6, 6.07) is 0. The number of aliphatic carboxylic acids is 1. The topological polar surface area (TPSA) is 104 Å². The number of aliphatic hydroxyl groups is 2. The van der Waals surface area contributed by atoms with Crippen LogP contribution in [0.5, 0.6) is 0 Å². The molecule has 0 amide bonds. The Bertz CT molecular complexity index is 537. The molecule has 0 bridgehead atoms. The number of unbranched alkanes of at least 4 members (excludes halogenated alkanes) is 21. The Hall–Kier alpha value is -1.14. The van der Waals surface area contributed by atoms with Crippen molar-refractivity contribution in [2.45, 2.75) is 194 Å². The lowest BCUT2D eigenvalue weighted by Gasteiger charge is -2.08. The zero-order valence-electron chi connectivity index (χ0n) is 27.5. The molecule has 0 heterocycles. The quantitative estimate of drug-likeness (QED) is 0.0571. The third kappa shape index (κ3) is 41.1. The minimum Gasteiger partial charge on any atom is -0.481 e. The SMILES string of the molecule is CC(C)CCCCCCCCCCCCCCC(=O)OCC(O)CO.CCCCCCCCCCCCCC(=O)O. The van der Waals surface area contributed by atoms with Gasteiger partial charge in [-0.1, -0.05) is 162 Å². The number of carbonyl (C=O) groups excluding carboxylic acids is 1. The zero-order chi connectivity index (χ0) is 30.8. The van der Waals surface area contributed by atoms with E-state index in [2.05, 4.69) is 20.8 Å². The van der Waals surface area contributed by atoms with Crippen LogP contribution in [0.4, 0.5) is 0 Å². The molecule has 0 aliphatic rings. The first-order chi connectivity index (χ1) is 19.8. The highest BCUT2D eigenvalue weighted by Crippen LogP contribution is 2.15. The summed E-state index contributed by atoms with van der Waals surface area (Å²) in [6.07, 6.45) is 30.5. The lowest BCUT2D eigenvalue weighted by Crippen LogP contribution is -2.21. The number of carboxylic acid groups (broad SMARTS) is 1. The van der Waals surface area contributed by atoms with Gasteiger partial charge in [-0.2, -0.15) is 0 Å². The molecule has 246 valence electrons. The third-order valence-corrected chi connectivity index (χ3v) is 7.55. The van der Waals surface area contributed by atoms with Crippen molar-refractivity contribution in [2.24, 2.45) is 5.92 Å². The van der Waals surface area contributed by atoms with E-state index in [0.717, 1.165) is 31.6 Å². The van der Waals surface area contributed by atoms with Gasteiger partial charge in [0.1, 0.15) is 12.7 Å². The number of carbonyl (C=O) groups is 2. The summed E-state index contributed by atoms with van der Waals surface area (Å²) < 4.78 is 4.86. The average molecular weight is 587 g/mol. The maximum atomic E-state index is 11.4. The van der Waals surface area contributed by atoms with Gasteiger partial charge < -0.3 is 20.1 Å². The molecule has 0 aromatic carbocycles. The fraction of sp³-hybridized carbons (Fsp3) is 0.943. The van der Waals surface area contributed by atoms with E-state index < -0.39 is 12.1 Å². The molecule has 41 heavy (non-hydrogen) atoms. The van der Waals surface area contributed by atoms with Crippen molar-refractivity contribution in [3.63, 3.8) is 0 Å². The Labute approximate surface area is 254 Å². The summed E-state index contributed by atoms with van der Waals surface area (Å²) in [7, 11) is 0. The van der Waals surface area contributed by atoms with Crippen molar-refractivity contribution in [1.82, 2.24) is 0 Å². The Morgan fingerprint density at radius 1 is 0.585 bits per heavy atom. The van der Waals surface area contributed by atoms with Gasteiger partial charge in [0.15, 0.2) is 0 Å². The Morgan fingerprint density at radius 2 is 0.951 bits per heavy atom. The van der Waals surface area contributed by atoms with Crippen LogP contribution in [0.25, 0.3) is 0 Å². The molecule has 6 heteroatoms. The maximum absolute atomic E-state index is 11.4. The van der Waals surface area contributed by atoms with E-state index in [1.54, 1.807) is 0 Å². The van der Waals surface area contributed by atoms with Crippen LogP contribution in [0.1, 0.15) is 188 Å². The van der Waals surface area contributed by atoms with Gasteiger partial charge in [0.2, 0.25) is 0 Å². The average Bonchev–Trinajstić information content (AvgIpc) is 2.94. The molecule has 0 fully saturated rings. The second-order valence-electron chi connectivity index (χ2n) is 12.4. The van der Waals surface area contributed by atoms with E-state index in [-0.39, 0.29) is 19.2 Å². The highest BCUT2D eigenvalue weighted by atomic mass is 16.5. The number of hydrogen-bond donors (Lipinski definition) is 3. The third-order valence-electron chi connectivity index (χ3n) is 7.55. The number of hydrogen-bond acceptors (Lipinski definition) is 5. The van der Waals surface area contributed by atoms with Crippen LogP contribution in [0.3, 0.4) is 0 Å². The van der Waals surface area contributed by atoms with Crippen LogP contribution in [-0.4, -0.2) is 46.6 Å². The second-order valence-corrected chi connectivity index (χ2v) is 12.4. The fourth-order valence-electron chi connectivity index (χ4n) is 4.84. The van der Waals surface area contributed by atoms with Gasteiger partial charge in [-0.3, -0.25) is 9.59 Å². The summed E-state index contributed by atoms with van der Waals surface area (Å²) in [5.74, 6) is -0.0818. The summed E-state index contributed by atoms with van der Waals surface area (Å²) in [5, 5.41) is 26.2. The van der Waals surface area contributed by atoms with Crippen molar-refractivity contribution in [3.05, 3.63) is 0 Å². The predicted octanol–water partition coefficient (Wildman–Crippen LogP) is 9.77. The number of aliphatic hydroxyl groups excluding tert-OH is 2. The summed E-state index contributed by atoms with van der Waals surface area (Å²) in [6.45, 7) is 6.38. The lowest BCUT2D eigenvalue weighted by molar-refractivity contribution is -0.147. The minimum absolute atomic E-state index is 0.104. The molecule has 0 aliphatic heterocycles. The van der Waals surface area contributed by atoms with Crippen LogP contribution in [0, 0.1) is 5.92 Å². The van der Waals surface area contributed by atoms with Gasteiger partial charge in [0.25, 0.3) is 0 Å². The van der Waals surface area contributed by atoms with E-state index >= 15 is 0 Å². The smallest absolute Gasteiger partial charge is 0.305 e. The lowest BCUT2D eigenvalue weighted by atomic mass is 10.0. The monoisotopic (exact) mass is 587 g/mol. The molecule has 3 N–H and O–H groups in total. The largest absolute Gasteiger partial charge is 0.481 e. The minimum atomic E-state index is -0.955. The molecule has 0 rings (SSSR count). The second kappa shape index (κ2) is 35.1. The van der Waals surface area contributed by atoms with E-state index in [1.165, 1.54) is 128 Å². The van der Waals surface area contributed by atoms with Crippen LogP contribution in [0.15, 0.2) is 0 Å². The van der Waals surface area contributed by atoms with Crippen molar-refractivity contribution in [3.8, 4) is 0 Å². The molecule has 1 atom stereocenters. The molecular formula is C35H70O6. The molecular weight excluding hydrogens is 516 g/mol. The van der Waals surface area contributed by atoms with Crippen LogP contribution < -0.4 is 0 Å². The molecule has 0 spiro atoms. The maximum Gasteiger partial charge on any atom is 0.305 e. The molecule has 0 aromatic heterocycles. The van der Waals surface area contributed by atoms with Crippen molar-refractivity contribution < 1.29 is 29.6 Å². The van der Waals surface area contributed by atoms with Gasteiger partial charge in [-0.05, 0) is 18.8 Å². The van der Waals surface area contributed by atoms with Crippen LogP contribution >= 0.6 is 0 Å². The highest BCUT2D eigenvalue weighted by molar-refractivity contribution is 5.69. The highest BCUT2D eigenvalue weighted by Gasteiger charge is 2.07. The van der Waals surface area contributed by atoms with Crippen LogP contribution in [-0.2, 0) is 14.3 Å². The van der Waals surface area contributed by atoms with E-state index in [9.17, 15) is 9.59 Å². The Balaban J connectivity index is 0. The number of esters is 1. The summed E-state index contributed by atoms with van der Waals surface area (Å²) >= 11 is 0. The first-order valence-corrected chi connectivity index (χ1v) is 17.5. The first-order valence-electron chi connectivity index (χ1n) is 17.5. The van der Waals surface area contributed by atoms with Gasteiger partial charge in [0, 0.05) is 12.8 Å². The standard InChI is InChI=1S/C21H42O4.C14H28O2/c1-19(2)15-13-11-9-7-5-3-4-6-8-10-12-14-16-21(24)25-18-20(23)17-22;1-2-3-4-5-6-7-8-9-10-11-12-13-14(15)16/h19-20,22-23H,3-18H2,1-2H3;2-13H2,1H3,(H,15,16). The van der Waals surface area contributed by atoms with Gasteiger partial charge >= 0.3 is 11.9 Å². The first kappa shape index (κ1) is 42.0. The van der Waals surface area contributed by atoms with Crippen molar-refractivity contribution in [2.75, 3.05) is 13.2 Å². The molecule has 0 radical (unpaired) electrons. The Kier molecular flexibility index (Phi) is 35.9. The zero-order valence-corrected chi connectivity index (χ0v) is 27.5. The predicted molar refractivity (Wildman–Crippen MR) is 172 cm³/mol. The Morgan fingerprint density at radius 3 is 1.32 bits per heavy atom. The number of carboxylic acids is 1. The van der Waals surface area contributed by atoms with Crippen LogP contribution in [0.2, 0.25) is 0 Å².